The van der Waals surface area contributed by atoms with Crippen LogP contribution in [0.15, 0.2) is 18.2 Å². The number of nitrogen functional groups attached to an aromatic ring is 1. The van der Waals surface area contributed by atoms with Crippen molar-refractivity contribution in [3.8, 4) is 0 Å². The molecule has 2 atom stereocenters. The Morgan fingerprint density at radius 1 is 1.33 bits per heavy atom. The molecule has 2 unspecified atom stereocenters. The maximum atomic E-state index is 12.5. The summed E-state index contributed by atoms with van der Waals surface area (Å²) < 4.78 is 0. The monoisotopic (exact) mass is 266 g/mol. The molecule has 4 heteroatoms. The predicted molar refractivity (Wildman–Crippen MR) is 74.8 cm³/mol. The zero-order chi connectivity index (χ0) is 13.3. The number of piperidine rings is 1. The van der Waals surface area contributed by atoms with Gasteiger partial charge in [-0.25, -0.2) is 0 Å². The van der Waals surface area contributed by atoms with Gasteiger partial charge in [0, 0.05) is 28.9 Å². The number of rotatable bonds is 1. The molecule has 18 heavy (non-hydrogen) atoms. The Hall–Kier alpha value is -1.22. The van der Waals surface area contributed by atoms with Gasteiger partial charge in [0.2, 0.25) is 0 Å². The Morgan fingerprint density at radius 2 is 2.06 bits per heavy atom. The first-order valence-electron chi connectivity index (χ1n) is 6.34. The first-order chi connectivity index (χ1) is 8.47. The molecule has 1 saturated heterocycles. The Balaban J connectivity index is 2.24. The number of nitrogens with zero attached hydrogens (tertiary/aromatic N) is 1. The summed E-state index contributed by atoms with van der Waals surface area (Å²) in [4.78, 5) is 14.4. The second-order valence-corrected chi connectivity index (χ2v) is 5.70. The topological polar surface area (TPSA) is 46.3 Å². The molecule has 1 aromatic rings. The number of likely N-dealkylation sites (tertiary alicyclic amines) is 1. The fourth-order valence-electron chi connectivity index (χ4n) is 2.47. The van der Waals surface area contributed by atoms with Crippen LogP contribution >= 0.6 is 11.6 Å². The predicted octanol–water partition coefficient (Wildman–Crippen LogP) is 3.18. The lowest BCUT2D eigenvalue weighted by atomic mass is 9.94. The maximum absolute atomic E-state index is 12.5. The molecule has 1 aliphatic rings. The zero-order valence-corrected chi connectivity index (χ0v) is 11.6. The van der Waals surface area contributed by atoms with Gasteiger partial charge in [0.15, 0.2) is 0 Å². The van der Waals surface area contributed by atoms with Crippen LogP contribution in [0.2, 0.25) is 5.02 Å². The molecule has 0 saturated carbocycles. The van der Waals surface area contributed by atoms with E-state index in [2.05, 4.69) is 13.8 Å². The Morgan fingerprint density at radius 3 is 2.72 bits per heavy atom. The van der Waals surface area contributed by atoms with E-state index in [-0.39, 0.29) is 11.9 Å². The minimum absolute atomic E-state index is 0.0308. The molecule has 0 bridgehead atoms. The van der Waals surface area contributed by atoms with Gasteiger partial charge in [0.05, 0.1) is 0 Å². The van der Waals surface area contributed by atoms with Crippen molar-refractivity contribution in [1.29, 1.82) is 0 Å². The minimum Gasteiger partial charge on any atom is -0.399 e. The molecule has 1 fully saturated rings. The highest BCUT2D eigenvalue weighted by Gasteiger charge is 2.27. The number of halogens is 1. The molecule has 0 spiro atoms. The van der Waals surface area contributed by atoms with E-state index in [1.54, 1.807) is 18.2 Å². The van der Waals surface area contributed by atoms with Crippen LogP contribution in [0.25, 0.3) is 0 Å². The van der Waals surface area contributed by atoms with Crippen molar-refractivity contribution in [1.82, 2.24) is 4.90 Å². The van der Waals surface area contributed by atoms with Crippen molar-refractivity contribution in [2.24, 2.45) is 5.92 Å². The summed E-state index contributed by atoms with van der Waals surface area (Å²) >= 11 is 5.95. The van der Waals surface area contributed by atoms with Crippen molar-refractivity contribution in [3.63, 3.8) is 0 Å². The van der Waals surface area contributed by atoms with E-state index in [9.17, 15) is 4.79 Å². The third kappa shape index (κ3) is 2.78. The van der Waals surface area contributed by atoms with Gasteiger partial charge < -0.3 is 10.6 Å². The van der Waals surface area contributed by atoms with Crippen molar-refractivity contribution < 1.29 is 4.79 Å². The molecule has 2 N–H and O–H groups in total. The van der Waals surface area contributed by atoms with E-state index in [1.807, 2.05) is 4.90 Å². The van der Waals surface area contributed by atoms with Crippen LogP contribution in [0.5, 0.6) is 0 Å². The van der Waals surface area contributed by atoms with Crippen molar-refractivity contribution >= 4 is 23.2 Å². The van der Waals surface area contributed by atoms with Gasteiger partial charge in [-0.15, -0.1) is 0 Å². The summed E-state index contributed by atoms with van der Waals surface area (Å²) in [6, 6.07) is 5.32. The largest absolute Gasteiger partial charge is 0.399 e. The van der Waals surface area contributed by atoms with E-state index < -0.39 is 0 Å². The second-order valence-electron chi connectivity index (χ2n) is 5.26. The minimum atomic E-state index is 0.0308. The smallest absolute Gasteiger partial charge is 0.254 e. The van der Waals surface area contributed by atoms with Gasteiger partial charge in [-0.05, 0) is 43.9 Å². The quantitative estimate of drug-likeness (QED) is 0.794. The van der Waals surface area contributed by atoms with Crippen molar-refractivity contribution in [2.45, 2.75) is 32.7 Å². The van der Waals surface area contributed by atoms with E-state index >= 15 is 0 Å². The first-order valence-corrected chi connectivity index (χ1v) is 6.72. The number of carbonyl (C=O) groups excluding carboxylic acids is 1. The molecule has 1 amide bonds. The third-order valence-electron chi connectivity index (χ3n) is 3.55. The summed E-state index contributed by atoms with van der Waals surface area (Å²) in [6.45, 7) is 5.09. The first kappa shape index (κ1) is 13.2. The lowest BCUT2D eigenvalue weighted by Gasteiger charge is -2.37. The van der Waals surface area contributed by atoms with Crippen LogP contribution in [0.1, 0.15) is 37.0 Å². The number of amides is 1. The van der Waals surface area contributed by atoms with E-state index in [4.69, 9.17) is 17.3 Å². The van der Waals surface area contributed by atoms with Gasteiger partial charge in [-0.3, -0.25) is 4.79 Å². The van der Waals surface area contributed by atoms with Gasteiger partial charge in [-0.1, -0.05) is 18.5 Å². The fraction of sp³-hybridized carbons (Fsp3) is 0.500. The Bertz CT molecular complexity index is 441. The summed E-state index contributed by atoms with van der Waals surface area (Å²) in [5.41, 5.74) is 6.85. The SMILES string of the molecule is CC1CCC(C)N(C(=O)c2cc(N)cc(Cl)c2)C1. The van der Waals surface area contributed by atoms with Crippen LogP contribution in [0.3, 0.4) is 0 Å². The molecule has 3 nitrogen and oxygen atoms in total. The number of hydrogen-bond donors (Lipinski definition) is 1. The molecule has 0 aliphatic carbocycles. The lowest BCUT2D eigenvalue weighted by Crippen LogP contribution is -2.44. The van der Waals surface area contributed by atoms with Crippen LogP contribution in [-0.4, -0.2) is 23.4 Å². The van der Waals surface area contributed by atoms with Crippen molar-refractivity contribution in [2.75, 3.05) is 12.3 Å². The molecule has 1 aliphatic heterocycles. The van der Waals surface area contributed by atoms with E-state index in [0.29, 0.717) is 22.2 Å². The van der Waals surface area contributed by atoms with Gasteiger partial charge in [0.1, 0.15) is 0 Å². The number of benzene rings is 1. The third-order valence-corrected chi connectivity index (χ3v) is 3.76. The number of hydrogen-bond acceptors (Lipinski definition) is 2. The highest BCUT2D eigenvalue weighted by atomic mass is 35.5. The summed E-state index contributed by atoms with van der Waals surface area (Å²) in [5, 5.41) is 0.510. The summed E-state index contributed by atoms with van der Waals surface area (Å²) in [6.07, 6.45) is 2.24. The van der Waals surface area contributed by atoms with E-state index in [0.717, 1.165) is 13.0 Å². The van der Waals surface area contributed by atoms with Crippen LogP contribution in [0, 0.1) is 5.92 Å². The number of nitrogens with two attached hydrogens (primary N) is 1. The lowest BCUT2D eigenvalue weighted by molar-refractivity contribution is 0.0574. The summed E-state index contributed by atoms with van der Waals surface area (Å²) in [5.74, 6) is 0.588. The van der Waals surface area contributed by atoms with Crippen LogP contribution < -0.4 is 5.73 Å². The average Bonchev–Trinajstić information content (AvgIpc) is 2.30. The number of carbonyl (C=O) groups is 1. The molecule has 98 valence electrons. The second kappa shape index (κ2) is 5.19. The van der Waals surface area contributed by atoms with Crippen LogP contribution in [-0.2, 0) is 0 Å². The number of anilines is 1. The molecule has 2 rings (SSSR count). The van der Waals surface area contributed by atoms with Gasteiger partial charge in [0.25, 0.3) is 5.91 Å². The molecule has 0 aromatic heterocycles. The average molecular weight is 267 g/mol. The highest BCUT2D eigenvalue weighted by molar-refractivity contribution is 6.31. The highest BCUT2D eigenvalue weighted by Crippen LogP contribution is 2.25. The van der Waals surface area contributed by atoms with Gasteiger partial charge in [-0.2, -0.15) is 0 Å². The fourth-order valence-corrected chi connectivity index (χ4v) is 2.72. The summed E-state index contributed by atoms with van der Waals surface area (Å²) in [7, 11) is 0. The standard InChI is InChI=1S/C14H19ClN2O/c1-9-3-4-10(2)17(8-9)14(18)11-5-12(15)7-13(16)6-11/h5-7,9-10H,3-4,8,16H2,1-2H3. The zero-order valence-electron chi connectivity index (χ0n) is 10.8. The molecule has 0 radical (unpaired) electrons. The Kier molecular flexibility index (Phi) is 3.81. The van der Waals surface area contributed by atoms with E-state index in [1.165, 1.54) is 6.42 Å². The molecule has 1 aromatic carbocycles. The molecular weight excluding hydrogens is 248 g/mol. The molecular formula is C14H19ClN2O. The normalized spacial score (nSPS) is 24.1. The molecule has 1 heterocycles. The Labute approximate surface area is 113 Å². The van der Waals surface area contributed by atoms with Crippen LogP contribution in [0.4, 0.5) is 5.69 Å². The van der Waals surface area contributed by atoms with Crippen molar-refractivity contribution in [3.05, 3.63) is 28.8 Å². The maximum Gasteiger partial charge on any atom is 0.254 e. The van der Waals surface area contributed by atoms with Gasteiger partial charge >= 0.3 is 0 Å².